The van der Waals surface area contributed by atoms with Gasteiger partial charge in [-0.3, -0.25) is 0 Å². The number of H-pyrrole nitrogens is 1. The molecule has 1 aromatic carbocycles. The van der Waals surface area contributed by atoms with E-state index in [1.54, 1.807) is 0 Å². The van der Waals surface area contributed by atoms with Gasteiger partial charge in [-0.25, -0.2) is 0 Å². The molecule has 3 heteroatoms. The molecule has 0 saturated heterocycles. The Morgan fingerprint density at radius 1 is 0.957 bits per heavy atom. The molecule has 1 heterocycles. The Labute approximate surface area is 142 Å². The summed E-state index contributed by atoms with van der Waals surface area (Å²) in [6.45, 7) is 15.0. The topological polar surface area (TPSA) is 25.0 Å². The third kappa shape index (κ3) is 3.72. The summed E-state index contributed by atoms with van der Waals surface area (Å²) in [6.07, 6.45) is 4.20. The highest BCUT2D eigenvalue weighted by atomic mass is 28.4. The van der Waals surface area contributed by atoms with Crippen molar-refractivity contribution in [3.05, 3.63) is 36.0 Å². The lowest BCUT2D eigenvalue weighted by Crippen LogP contribution is -2.48. The Kier molecular flexibility index (Phi) is 6.10. The van der Waals surface area contributed by atoms with Crippen molar-refractivity contribution in [1.29, 1.82) is 0 Å². The molecule has 0 spiro atoms. The van der Waals surface area contributed by atoms with Crippen LogP contribution in [0, 0.1) is 0 Å². The molecule has 0 unspecified atom stereocenters. The van der Waals surface area contributed by atoms with Crippen LogP contribution in [0.25, 0.3) is 10.9 Å². The highest BCUT2D eigenvalue weighted by Gasteiger charge is 2.44. The van der Waals surface area contributed by atoms with Crippen LogP contribution in [0.3, 0.4) is 0 Å². The molecular weight excluding hydrogens is 298 g/mol. The highest BCUT2D eigenvalue weighted by Crippen LogP contribution is 2.42. The van der Waals surface area contributed by atoms with Crippen LogP contribution in [0.4, 0.5) is 0 Å². The molecule has 0 radical (unpaired) electrons. The van der Waals surface area contributed by atoms with Crippen LogP contribution in [-0.4, -0.2) is 19.9 Å². The number of hydrogen-bond acceptors (Lipinski definition) is 1. The van der Waals surface area contributed by atoms with E-state index in [0.717, 1.165) is 19.4 Å². The predicted molar refractivity (Wildman–Crippen MR) is 104 cm³/mol. The van der Waals surface area contributed by atoms with Crippen molar-refractivity contribution in [2.24, 2.45) is 0 Å². The second-order valence-electron chi connectivity index (χ2n) is 7.63. The fraction of sp³-hybridized carbons (Fsp3) is 0.600. The molecule has 128 valence electrons. The standard InChI is InChI=1S/C20H33NOSi/c1-15(2)23(16(3)4,17(5)6)22-14-8-11-18-9-7-10-19-12-13-21-20(18)19/h7,9-10,12-13,15-17,21H,8,11,14H2,1-6H3. The maximum absolute atomic E-state index is 6.66. The van der Waals surface area contributed by atoms with E-state index >= 15 is 0 Å². The zero-order chi connectivity index (χ0) is 17.0. The molecule has 0 aliphatic carbocycles. The second-order valence-corrected chi connectivity index (χ2v) is 13.1. The number of hydrogen-bond donors (Lipinski definition) is 1. The summed E-state index contributed by atoms with van der Waals surface area (Å²) in [6, 6.07) is 8.70. The van der Waals surface area contributed by atoms with Gasteiger partial charge in [-0.15, -0.1) is 0 Å². The van der Waals surface area contributed by atoms with Gasteiger partial charge in [0.2, 0.25) is 0 Å². The lowest BCUT2D eigenvalue weighted by molar-refractivity contribution is 0.272. The minimum absolute atomic E-state index is 0.661. The Hall–Kier alpha value is -1.06. The van der Waals surface area contributed by atoms with E-state index in [4.69, 9.17) is 4.43 Å². The SMILES string of the molecule is CC(C)[Si](OCCCc1cccc2cc[nH]c12)(C(C)C)C(C)C. The van der Waals surface area contributed by atoms with E-state index in [2.05, 4.69) is 70.8 Å². The summed E-state index contributed by atoms with van der Waals surface area (Å²) in [4.78, 5) is 3.37. The quantitative estimate of drug-likeness (QED) is 0.446. The van der Waals surface area contributed by atoms with Gasteiger partial charge < -0.3 is 9.41 Å². The summed E-state index contributed by atoms with van der Waals surface area (Å²) in [5, 5.41) is 1.30. The lowest BCUT2D eigenvalue weighted by atomic mass is 10.1. The largest absolute Gasteiger partial charge is 0.416 e. The summed E-state index contributed by atoms with van der Waals surface area (Å²) < 4.78 is 6.66. The van der Waals surface area contributed by atoms with Gasteiger partial charge in [0.25, 0.3) is 0 Å². The molecule has 1 aromatic heterocycles. The maximum atomic E-state index is 6.66. The first-order chi connectivity index (χ1) is 10.9. The van der Waals surface area contributed by atoms with Gasteiger partial charge in [-0.05, 0) is 46.5 Å². The highest BCUT2D eigenvalue weighted by molar-refractivity contribution is 6.77. The monoisotopic (exact) mass is 331 g/mol. The first-order valence-corrected chi connectivity index (χ1v) is 11.2. The summed E-state index contributed by atoms with van der Waals surface area (Å²) in [7, 11) is -1.71. The van der Waals surface area contributed by atoms with E-state index in [-0.39, 0.29) is 0 Å². The molecule has 1 N–H and O–H groups in total. The molecule has 0 amide bonds. The van der Waals surface area contributed by atoms with Crippen molar-refractivity contribution < 1.29 is 4.43 Å². The van der Waals surface area contributed by atoms with E-state index < -0.39 is 8.32 Å². The number of fused-ring (bicyclic) bond motifs is 1. The fourth-order valence-electron chi connectivity index (χ4n) is 4.37. The zero-order valence-electron chi connectivity index (χ0n) is 15.6. The van der Waals surface area contributed by atoms with Crippen molar-refractivity contribution in [1.82, 2.24) is 4.98 Å². The predicted octanol–water partition coefficient (Wildman–Crippen LogP) is 6.29. The van der Waals surface area contributed by atoms with Crippen LogP contribution in [0.15, 0.2) is 30.5 Å². The molecule has 2 aromatic rings. The summed E-state index contributed by atoms with van der Waals surface area (Å²) in [5.41, 5.74) is 4.67. The number of para-hydroxylation sites is 1. The van der Waals surface area contributed by atoms with E-state index in [1.807, 2.05) is 6.20 Å². The lowest BCUT2D eigenvalue weighted by Gasteiger charge is -2.42. The number of nitrogens with one attached hydrogen (secondary N) is 1. The van der Waals surface area contributed by atoms with Crippen molar-refractivity contribution in [2.45, 2.75) is 71.0 Å². The molecule has 2 nitrogen and oxygen atoms in total. The van der Waals surface area contributed by atoms with E-state index in [9.17, 15) is 0 Å². The smallest absolute Gasteiger partial charge is 0.200 e. The molecule has 0 fully saturated rings. The number of aryl methyl sites for hydroxylation is 1. The molecule has 23 heavy (non-hydrogen) atoms. The normalized spacial score (nSPS) is 12.9. The van der Waals surface area contributed by atoms with Crippen molar-refractivity contribution in [2.75, 3.05) is 6.61 Å². The van der Waals surface area contributed by atoms with Crippen LogP contribution < -0.4 is 0 Å². The van der Waals surface area contributed by atoms with Gasteiger partial charge in [-0.2, -0.15) is 0 Å². The van der Waals surface area contributed by atoms with E-state index in [1.165, 1.54) is 16.5 Å². The van der Waals surface area contributed by atoms with Gasteiger partial charge in [0.05, 0.1) is 0 Å². The Bertz CT molecular complexity index is 593. The van der Waals surface area contributed by atoms with Gasteiger partial charge >= 0.3 is 0 Å². The van der Waals surface area contributed by atoms with Crippen LogP contribution in [0.1, 0.15) is 53.5 Å². The summed E-state index contributed by atoms with van der Waals surface area (Å²) in [5.74, 6) is 0. The maximum Gasteiger partial charge on any atom is 0.200 e. The van der Waals surface area contributed by atoms with Crippen LogP contribution in [0.5, 0.6) is 0 Å². The third-order valence-electron chi connectivity index (χ3n) is 5.32. The molecular formula is C20H33NOSi. The van der Waals surface area contributed by atoms with Gasteiger partial charge in [0.15, 0.2) is 8.32 Å². The number of benzene rings is 1. The zero-order valence-corrected chi connectivity index (χ0v) is 16.6. The Morgan fingerprint density at radius 2 is 1.61 bits per heavy atom. The first kappa shape index (κ1) is 18.3. The minimum Gasteiger partial charge on any atom is -0.416 e. The molecule has 0 bridgehead atoms. The molecule has 0 atom stereocenters. The van der Waals surface area contributed by atoms with Crippen molar-refractivity contribution in [3.63, 3.8) is 0 Å². The third-order valence-corrected chi connectivity index (χ3v) is 11.4. The summed E-state index contributed by atoms with van der Waals surface area (Å²) >= 11 is 0. The van der Waals surface area contributed by atoms with Crippen molar-refractivity contribution in [3.8, 4) is 0 Å². The van der Waals surface area contributed by atoms with Crippen molar-refractivity contribution >= 4 is 19.2 Å². The minimum atomic E-state index is -1.71. The Morgan fingerprint density at radius 3 is 2.22 bits per heavy atom. The van der Waals surface area contributed by atoms with Crippen LogP contribution in [-0.2, 0) is 10.8 Å². The van der Waals surface area contributed by atoms with Gasteiger partial charge in [0, 0.05) is 18.3 Å². The van der Waals surface area contributed by atoms with E-state index in [0.29, 0.717) is 16.6 Å². The number of aromatic nitrogens is 1. The fourth-order valence-corrected chi connectivity index (χ4v) is 9.87. The van der Waals surface area contributed by atoms with Gasteiger partial charge in [-0.1, -0.05) is 59.7 Å². The Balaban J connectivity index is 1.99. The van der Waals surface area contributed by atoms with Crippen LogP contribution in [0.2, 0.25) is 16.6 Å². The van der Waals surface area contributed by atoms with Gasteiger partial charge in [0.1, 0.15) is 0 Å². The molecule has 0 aliphatic heterocycles. The molecule has 0 saturated carbocycles. The van der Waals surface area contributed by atoms with Crippen LogP contribution >= 0.6 is 0 Å². The molecule has 2 rings (SSSR count). The number of rotatable bonds is 8. The first-order valence-electron chi connectivity index (χ1n) is 9.08. The molecule has 0 aliphatic rings. The average Bonchev–Trinajstić information content (AvgIpc) is 2.95. The number of aromatic amines is 1. The average molecular weight is 332 g/mol. The second kappa shape index (κ2) is 7.67.